The molecule has 0 spiro atoms. The Morgan fingerprint density at radius 3 is 3.00 bits per heavy atom. The lowest BCUT2D eigenvalue weighted by molar-refractivity contribution is -0.160. The van der Waals surface area contributed by atoms with E-state index < -0.39 is 6.10 Å². The van der Waals surface area contributed by atoms with E-state index in [4.69, 9.17) is 9.15 Å². The van der Waals surface area contributed by atoms with Gasteiger partial charge in [0.15, 0.2) is 0 Å². The van der Waals surface area contributed by atoms with Crippen molar-refractivity contribution in [3.63, 3.8) is 0 Å². The molecule has 1 fully saturated rings. The monoisotopic (exact) mass is 182 g/mol. The number of furan rings is 1. The molecule has 1 aliphatic rings. The Labute approximate surface area is 75.1 Å². The quantitative estimate of drug-likeness (QED) is 0.658. The van der Waals surface area contributed by atoms with Gasteiger partial charge in [0, 0.05) is 12.0 Å². The number of aliphatic hydroxyl groups is 1. The van der Waals surface area contributed by atoms with Gasteiger partial charge in [0.1, 0.15) is 6.10 Å². The average Bonchev–Trinajstić information content (AvgIpc) is 2.53. The van der Waals surface area contributed by atoms with Crippen molar-refractivity contribution < 1.29 is 19.1 Å². The van der Waals surface area contributed by atoms with Gasteiger partial charge in [-0.25, -0.2) is 0 Å². The summed E-state index contributed by atoms with van der Waals surface area (Å²) in [6.45, 7) is 0. The molecule has 1 saturated heterocycles. The van der Waals surface area contributed by atoms with Crippen LogP contribution in [0.2, 0.25) is 0 Å². The van der Waals surface area contributed by atoms with Crippen molar-refractivity contribution in [3.8, 4) is 0 Å². The number of hydrogen-bond acceptors (Lipinski definition) is 4. The zero-order chi connectivity index (χ0) is 9.26. The predicted molar refractivity (Wildman–Crippen MR) is 42.8 cm³/mol. The van der Waals surface area contributed by atoms with Crippen LogP contribution in [-0.4, -0.2) is 17.2 Å². The molecule has 0 aromatic carbocycles. The Kier molecular flexibility index (Phi) is 2.06. The molecule has 1 N–H and O–H groups in total. The van der Waals surface area contributed by atoms with Crippen LogP contribution in [-0.2, 0) is 9.53 Å². The number of carbonyl (C=O) groups excluding carboxylic acids is 1. The Bertz CT molecular complexity index is 291. The van der Waals surface area contributed by atoms with Crippen LogP contribution < -0.4 is 0 Å². The van der Waals surface area contributed by atoms with Crippen molar-refractivity contribution in [2.75, 3.05) is 0 Å². The van der Waals surface area contributed by atoms with Crippen molar-refractivity contribution in [2.24, 2.45) is 0 Å². The minimum Gasteiger partial charge on any atom is -0.472 e. The maximum atomic E-state index is 11.0. The zero-order valence-corrected chi connectivity index (χ0v) is 6.97. The Morgan fingerprint density at radius 2 is 2.38 bits per heavy atom. The van der Waals surface area contributed by atoms with Crippen LogP contribution in [0.15, 0.2) is 23.0 Å². The summed E-state index contributed by atoms with van der Waals surface area (Å²) in [4.78, 5) is 11.0. The highest BCUT2D eigenvalue weighted by atomic mass is 16.5. The molecular formula is C9H10O4. The molecule has 0 amide bonds. The number of rotatable bonds is 1. The third-order valence-electron chi connectivity index (χ3n) is 2.08. The van der Waals surface area contributed by atoms with Gasteiger partial charge < -0.3 is 14.3 Å². The second-order valence-corrected chi connectivity index (χ2v) is 3.13. The molecule has 2 heterocycles. The molecule has 0 unspecified atom stereocenters. The van der Waals surface area contributed by atoms with Crippen molar-refractivity contribution >= 4 is 5.97 Å². The maximum Gasteiger partial charge on any atom is 0.309 e. The third kappa shape index (κ3) is 1.72. The Balaban J connectivity index is 2.12. The van der Waals surface area contributed by atoms with Gasteiger partial charge in [-0.05, 0) is 6.07 Å². The second-order valence-electron chi connectivity index (χ2n) is 3.13. The van der Waals surface area contributed by atoms with Crippen LogP contribution in [0.25, 0.3) is 0 Å². The normalized spacial score (nSPS) is 28.5. The van der Waals surface area contributed by atoms with Gasteiger partial charge in [0.25, 0.3) is 0 Å². The van der Waals surface area contributed by atoms with E-state index in [2.05, 4.69) is 0 Å². The van der Waals surface area contributed by atoms with E-state index in [1.807, 2.05) is 0 Å². The molecule has 0 aliphatic carbocycles. The molecular weight excluding hydrogens is 172 g/mol. The molecule has 1 aliphatic heterocycles. The highest BCUT2D eigenvalue weighted by Gasteiger charge is 2.28. The van der Waals surface area contributed by atoms with Gasteiger partial charge in [0.05, 0.1) is 25.1 Å². The summed E-state index contributed by atoms with van der Waals surface area (Å²) >= 11 is 0. The topological polar surface area (TPSA) is 59.7 Å². The van der Waals surface area contributed by atoms with Crippen LogP contribution in [0.4, 0.5) is 0 Å². The largest absolute Gasteiger partial charge is 0.472 e. The van der Waals surface area contributed by atoms with E-state index in [-0.39, 0.29) is 18.5 Å². The number of carbonyl (C=O) groups is 1. The summed E-state index contributed by atoms with van der Waals surface area (Å²) in [5.41, 5.74) is 0.798. The summed E-state index contributed by atoms with van der Waals surface area (Å²) in [5, 5.41) is 9.32. The summed E-state index contributed by atoms with van der Waals surface area (Å²) in [6, 6.07) is 1.73. The fourth-order valence-electron chi connectivity index (χ4n) is 1.44. The standard InChI is InChI=1S/C9H10O4/c10-7-3-8(13-9(11)4-7)6-1-2-12-5-6/h1-2,5,7-8,10H,3-4H2/t7-,8+/m0/s1. The molecule has 2 atom stereocenters. The lowest BCUT2D eigenvalue weighted by Crippen LogP contribution is -2.27. The lowest BCUT2D eigenvalue weighted by Gasteiger charge is -2.24. The number of ether oxygens (including phenoxy) is 1. The van der Waals surface area contributed by atoms with E-state index in [9.17, 15) is 9.90 Å². The molecule has 0 saturated carbocycles. The first-order valence-corrected chi connectivity index (χ1v) is 4.15. The van der Waals surface area contributed by atoms with Gasteiger partial charge in [-0.3, -0.25) is 4.79 Å². The van der Waals surface area contributed by atoms with Crippen LogP contribution >= 0.6 is 0 Å². The smallest absolute Gasteiger partial charge is 0.309 e. The SMILES string of the molecule is O=C1C[C@@H](O)C[C@H](c2ccoc2)O1. The van der Waals surface area contributed by atoms with E-state index in [1.165, 1.54) is 12.5 Å². The zero-order valence-electron chi connectivity index (χ0n) is 6.97. The van der Waals surface area contributed by atoms with E-state index in [1.54, 1.807) is 6.07 Å². The molecule has 0 bridgehead atoms. The number of cyclic esters (lactones) is 1. The Hall–Kier alpha value is -1.29. The van der Waals surface area contributed by atoms with E-state index in [0.29, 0.717) is 6.42 Å². The fraction of sp³-hybridized carbons (Fsp3) is 0.444. The average molecular weight is 182 g/mol. The van der Waals surface area contributed by atoms with Crippen LogP contribution in [0.1, 0.15) is 24.5 Å². The third-order valence-corrected chi connectivity index (χ3v) is 2.08. The van der Waals surface area contributed by atoms with Crippen LogP contribution in [0, 0.1) is 0 Å². The highest BCUT2D eigenvalue weighted by Crippen LogP contribution is 2.28. The summed E-state index contributed by atoms with van der Waals surface area (Å²) in [5.74, 6) is -0.357. The first-order chi connectivity index (χ1) is 6.25. The number of esters is 1. The predicted octanol–water partition coefficient (Wildman–Crippen LogP) is 1.02. The summed E-state index contributed by atoms with van der Waals surface area (Å²) in [6.07, 6.45) is 2.64. The minimum atomic E-state index is -0.596. The summed E-state index contributed by atoms with van der Waals surface area (Å²) in [7, 11) is 0. The maximum absolute atomic E-state index is 11.0. The van der Waals surface area contributed by atoms with Crippen molar-refractivity contribution in [1.29, 1.82) is 0 Å². The van der Waals surface area contributed by atoms with E-state index in [0.717, 1.165) is 5.56 Å². The molecule has 70 valence electrons. The van der Waals surface area contributed by atoms with Gasteiger partial charge in [-0.2, -0.15) is 0 Å². The highest BCUT2D eigenvalue weighted by molar-refractivity contribution is 5.71. The van der Waals surface area contributed by atoms with E-state index >= 15 is 0 Å². The van der Waals surface area contributed by atoms with Gasteiger partial charge in [0.2, 0.25) is 0 Å². The molecule has 1 aromatic heterocycles. The van der Waals surface area contributed by atoms with Crippen molar-refractivity contribution in [3.05, 3.63) is 24.2 Å². The summed E-state index contributed by atoms with van der Waals surface area (Å²) < 4.78 is 9.91. The molecule has 4 nitrogen and oxygen atoms in total. The molecule has 0 radical (unpaired) electrons. The Morgan fingerprint density at radius 1 is 1.54 bits per heavy atom. The van der Waals surface area contributed by atoms with Crippen LogP contribution in [0.5, 0.6) is 0 Å². The molecule has 2 rings (SSSR count). The first kappa shape index (κ1) is 8.31. The number of aliphatic hydroxyl groups excluding tert-OH is 1. The van der Waals surface area contributed by atoms with Gasteiger partial charge in [-0.15, -0.1) is 0 Å². The number of hydrogen-bond donors (Lipinski definition) is 1. The second kappa shape index (κ2) is 3.22. The minimum absolute atomic E-state index is 0.0916. The molecule has 4 heteroatoms. The van der Waals surface area contributed by atoms with Crippen molar-refractivity contribution in [1.82, 2.24) is 0 Å². The van der Waals surface area contributed by atoms with Gasteiger partial charge >= 0.3 is 5.97 Å². The van der Waals surface area contributed by atoms with Gasteiger partial charge in [-0.1, -0.05) is 0 Å². The molecule has 1 aromatic rings. The first-order valence-electron chi connectivity index (χ1n) is 4.15. The lowest BCUT2D eigenvalue weighted by atomic mass is 10.0. The fourth-order valence-corrected chi connectivity index (χ4v) is 1.44. The molecule has 13 heavy (non-hydrogen) atoms. The van der Waals surface area contributed by atoms with Crippen LogP contribution in [0.3, 0.4) is 0 Å². The van der Waals surface area contributed by atoms with Crippen molar-refractivity contribution in [2.45, 2.75) is 25.0 Å².